The van der Waals surface area contributed by atoms with Crippen LogP contribution in [0.3, 0.4) is 0 Å². The molecule has 0 aliphatic heterocycles. The second kappa shape index (κ2) is 21.6. The van der Waals surface area contributed by atoms with Crippen molar-refractivity contribution < 1.29 is 9.59 Å². The molecule has 0 rings (SSSR count). The van der Waals surface area contributed by atoms with Crippen LogP contribution in [0.25, 0.3) is 0 Å². The van der Waals surface area contributed by atoms with Gasteiger partial charge in [0.05, 0.1) is 0 Å². The maximum absolute atomic E-state index is 12.0. The van der Waals surface area contributed by atoms with Crippen LogP contribution in [0.5, 0.6) is 0 Å². The molecule has 0 aromatic carbocycles. The van der Waals surface area contributed by atoms with Crippen molar-refractivity contribution in [3.05, 3.63) is 0 Å². The zero-order valence-corrected chi connectivity index (χ0v) is 19.2. The van der Waals surface area contributed by atoms with E-state index in [9.17, 15) is 9.59 Å². The Morgan fingerprint density at radius 3 is 1.55 bits per heavy atom. The molecule has 0 saturated heterocycles. The van der Waals surface area contributed by atoms with Crippen molar-refractivity contribution in [2.24, 2.45) is 11.5 Å². The van der Waals surface area contributed by atoms with Crippen LogP contribution in [-0.4, -0.2) is 24.4 Å². The lowest BCUT2D eigenvalue weighted by Crippen LogP contribution is -2.44. The molecule has 5 nitrogen and oxygen atoms in total. The van der Waals surface area contributed by atoms with Gasteiger partial charge >= 0.3 is 0 Å². The third-order valence-corrected chi connectivity index (χ3v) is 5.63. The Bertz CT molecular complexity index is 388. The second-order valence-electron chi connectivity index (χ2n) is 8.51. The summed E-state index contributed by atoms with van der Waals surface area (Å²) in [6.07, 6.45) is 22.4. The van der Waals surface area contributed by atoms with E-state index in [1.54, 1.807) is 0 Å². The molecular formula is C24H49N3O2. The summed E-state index contributed by atoms with van der Waals surface area (Å²) >= 11 is 0. The molecule has 0 fully saturated rings. The summed E-state index contributed by atoms with van der Waals surface area (Å²) in [5.74, 6) is -0.511. The molecule has 0 radical (unpaired) electrons. The normalized spacial score (nSPS) is 12.1. The molecule has 2 amide bonds. The van der Waals surface area contributed by atoms with Crippen molar-refractivity contribution >= 4 is 11.8 Å². The number of hydrogen-bond acceptors (Lipinski definition) is 3. The zero-order valence-electron chi connectivity index (χ0n) is 19.2. The summed E-state index contributed by atoms with van der Waals surface area (Å²) in [4.78, 5) is 23.4. The van der Waals surface area contributed by atoms with E-state index < -0.39 is 11.9 Å². The number of amides is 2. The van der Waals surface area contributed by atoms with E-state index in [1.165, 1.54) is 83.5 Å². The van der Waals surface area contributed by atoms with Gasteiger partial charge in [-0.3, -0.25) is 9.59 Å². The van der Waals surface area contributed by atoms with Crippen molar-refractivity contribution in [2.45, 2.75) is 135 Å². The van der Waals surface area contributed by atoms with E-state index in [4.69, 9.17) is 11.5 Å². The summed E-state index contributed by atoms with van der Waals surface area (Å²) in [6, 6.07) is -0.551. The maximum Gasteiger partial charge on any atom is 0.239 e. The average Bonchev–Trinajstić information content (AvgIpc) is 2.70. The monoisotopic (exact) mass is 411 g/mol. The molecule has 0 aliphatic rings. The molecule has 0 spiro atoms. The van der Waals surface area contributed by atoms with Crippen LogP contribution in [0.2, 0.25) is 0 Å². The summed E-state index contributed by atoms with van der Waals surface area (Å²) in [5, 5.41) is 2.77. The van der Waals surface area contributed by atoms with Crippen molar-refractivity contribution in [2.75, 3.05) is 6.54 Å². The van der Waals surface area contributed by atoms with Crippen LogP contribution in [0.4, 0.5) is 0 Å². The lowest BCUT2D eigenvalue weighted by Gasteiger charge is -2.15. The number of unbranched alkanes of at least 4 members (excludes halogenated alkanes) is 15. The average molecular weight is 412 g/mol. The third kappa shape index (κ3) is 20.0. The number of nitrogens with two attached hydrogens (primary N) is 2. The molecule has 0 saturated carbocycles. The van der Waals surface area contributed by atoms with Crippen LogP contribution in [0.15, 0.2) is 0 Å². The number of carbonyl (C=O) groups excluding carboxylic acids is 2. The lowest BCUT2D eigenvalue weighted by molar-refractivity contribution is -0.127. The summed E-state index contributed by atoms with van der Waals surface area (Å²) in [6.45, 7) is 2.86. The molecule has 5 heteroatoms. The Kier molecular flexibility index (Phi) is 20.8. The SMILES string of the molecule is CCCCCCCCCCCCCCCCCC(=O)N[C@@H](CCCCN)C(N)=O. The Hall–Kier alpha value is -1.10. The van der Waals surface area contributed by atoms with Gasteiger partial charge in [-0.05, 0) is 32.2 Å². The van der Waals surface area contributed by atoms with Crippen molar-refractivity contribution in [1.82, 2.24) is 5.32 Å². The molecule has 0 bridgehead atoms. The van der Waals surface area contributed by atoms with Gasteiger partial charge < -0.3 is 16.8 Å². The van der Waals surface area contributed by atoms with Crippen LogP contribution in [-0.2, 0) is 9.59 Å². The second-order valence-corrected chi connectivity index (χ2v) is 8.51. The topological polar surface area (TPSA) is 98.2 Å². The highest BCUT2D eigenvalue weighted by atomic mass is 16.2. The number of nitrogens with one attached hydrogen (secondary N) is 1. The summed E-state index contributed by atoms with van der Waals surface area (Å²) in [5.41, 5.74) is 10.8. The van der Waals surface area contributed by atoms with E-state index in [0.29, 0.717) is 19.4 Å². The quantitative estimate of drug-likeness (QED) is 0.209. The maximum atomic E-state index is 12.0. The fourth-order valence-electron chi connectivity index (χ4n) is 3.70. The minimum absolute atomic E-state index is 0.0590. The van der Waals surface area contributed by atoms with Gasteiger partial charge in [0.1, 0.15) is 6.04 Å². The third-order valence-electron chi connectivity index (χ3n) is 5.63. The first-order valence-corrected chi connectivity index (χ1v) is 12.4. The molecule has 1 atom stereocenters. The van der Waals surface area contributed by atoms with Gasteiger partial charge in [-0.1, -0.05) is 96.8 Å². The molecule has 29 heavy (non-hydrogen) atoms. The van der Waals surface area contributed by atoms with Crippen molar-refractivity contribution in [1.29, 1.82) is 0 Å². The number of hydrogen-bond donors (Lipinski definition) is 3. The summed E-state index contributed by atoms with van der Waals surface area (Å²) < 4.78 is 0. The van der Waals surface area contributed by atoms with Gasteiger partial charge in [-0.2, -0.15) is 0 Å². The van der Waals surface area contributed by atoms with E-state index >= 15 is 0 Å². The van der Waals surface area contributed by atoms with Crippen LogP contribution >= 0.6 is 0 Å². The molecule has 0 aliphatic carbocycles. The van der Waals surface area contributed by atoms with Crippen molar-refractivity contribution in [3.8, 4) is 0 Å². The standard InChI is InChI=1S/C24H49N3O2/c1-2-3-4-5-6-7-8-9-10-11-12-13-14-15-16-20-23(28)27-22(24(26)29)19-17-18-21-25/h22H,2-21,25H2,1H3,(H2,26,29)(H,27,28)/t22-/m0/s1. The highest BCUT2D eigenvalue weighted by Crippen LogP contribution is 2.13. The number of primary amides is 1. The zero-order chi connectivity index (χ0) is 21.6. The largest absolute Gasteiger partial charge is 0.368 e. The highest BCUT2D eigenvalue weighted by molar-refractivity contribution is 5.86. The molecule has 172 valence electrons. The fourth-order valence-corrected chi connectivity index (χ4v) is 3.70. The van der Waals surface area contributed by atoms with Gasteiger partial charge in [0, 0.05) is 6.42 Å². The molecule has 0 aromatic rings. The molecule has 0 unspecified atom stereocenters. The summed E-state index contributed by atoms with van der Waals surface area (Å²) in [7, 11) is 0. The molecule has 0 aromatic heterocycles. The first-order valence-electron chi connectivity index (χ1n) is 12.4. The molecular weight excluding hydrogens is 362 g/mol. The molecule has 0 heterocycles. The van der Waals surface area contributed by atoms with Crippen LogP contribution in [0.1, 0.15) is 129 Å². The van der Waals surface area contributed by atoms with Gasteiger partial charge in [0.2, 0.25) is 11.8 Å². The van der Waals surface area contributed by atoms with Crippen LogP contribution < -0.4 is 16.8 Å². The minimum Gasteiger partial charge on any atom is -0.368 e. The highest BCUT2D eigenvalue weighted by Gasteiger charge is 2.16. The number of carbonyl (C=O) groups is 2. The van der Waals surface area contributed by atoms with Gasteiger partial charge in [-0.15, -0.1) is 0 Å². The lowest BCUT2D eigenvalue weighted by atomic mass is 10.0. The van der Waals surface area contributed by atoms with E-state index in [1.807, 2.05) is 0 Å². The Morgan fingerprint density at radius 1 is 0.690 bits per heavy atom. The van der Waals surface area contributed by atoms with Crippen molar-refractivity contribution in [3.63, 3.8) is 0 Å². The van der Waals surface area contributed by atoms with Crippen LogP contribution in [0, 0.1) is 0 Å². The van der Waals surface area contributed by atoms with Gasteiger partial charge in [0.15, 0.2) is 0 Å². The fraction of sp³-hybridized carbons (Fsp3) is 0.917. The van der Waals surface area contributed by atoms with E-state index in [0.717, 1.165) is 25.7 Å². The smallest absolute Gasteiger partial charge is 0.239 e. The predicted octanol–water partition coefficient (Wildman–Crippen LogP) is 5.35. The molecule has 5 N–H and O–H groups in total. The minimum atomic E-state index is -0.551. The Labute approximate surface area is 180 Å². The van der Waals surface area contributed by atoms with Gasteiger partial charge in [-0.25, -0.2) is 0 Å². The first-order chi connectivity index (χ1) is 14.1. The number of rotatable bonds is 22. The van der Waals surface area contributed by atoms with E-state index in [-0.39, 0.29) is 5.91 Å². The van der Waals surface area contributed by atoms with E-state index in [2.05, 4.69) is 12.2 Å². The first kappa shape index (κ1) is 27.9. The Balaban J connectivity index is 3.42. The predicted molar refractivity (Wildman–Crippen MR) is 124 cm³/mol. The Morgan fingerprint density at radius 2 is 1.14 bits per heavy atom. The van der Waals surface area contributed by atoms with Gasteiger partial charge in [0.25, 0.3) is 0 Å².